The van der Waals surface area contributed by atoms with Crippen LogP contribution in [0.3, 0.4) is 0 Å². The predicted molar refractivity (Wildman–Crippen MR) is 53.8 cm³/mol. The van der Waals surface area contributed by atoms with Crippen molar-refractivity contribution in [3.63, 3.8) is 0 Å². The van der Waals surface area contributed by atoms with E-state index in [0.29, 0.717) is 0 Å². The standard InChI is InChI=1S/C8H16O6.Ba.2H/c1-2-8(13)6(11)5(10)4(3-9)14-7(8)12;;;/h4-7,9-13H,2-3H2,1H3;;;. The van der Waals surface area contributed by atoms with E-state index in [4.69, 9.17) is 9.84 Å². The molecule has 1 heterocycles. The van der Waals surface area contributed by atoms with Gasteiger partial charge in [0.2, 0.25) is 0 Å². The average Bonchev–Trinajstić information content (AvgIpc) is 2.20. The van der Waals surface area contributed by atoms with E-state index in [-0.39, 0.29) is 55.3 Å². The second kappa shape index (κ2) is 6.31. The first-order valence-electron chi connectivity index (χ1n) is 4.50. The molecule has 0 bridgehead atoms. The third kappa shape index (κ3) is 2.96. The van der Waals surface area contributed by atoms with Crippen LogP contribution in [0.4, 0.5) is 0 Å². The van der Waals surface area contributed by atoms with Crippen molar-refractivity contribution in [2.24, 2.45) is 0 Å². The summed E-state index contributed by atoms with van der Waals surface area (Å²) in [6.45, 7) is 1.01. The second-order valence-electron chi connectivity index (χ2n) is 3.49. The van der Waals surface area contributed by atoms with Gasteiger partial charge in [0.25, 0.3) is 0 Å². The van der Waals surface area contributed by atoms with Gasteiger partial charge in [-0.15, -0.1) is 0 Å². The van der Waals surface area contributed by atoms with Crippen LogP contribution in [0.2, 0.25) is 0 Å². The molecule has 1 fully saturated rings. The first kappa shape index (κ1) is 16.3. The van der Waals surface area contributed by atoms with E-state index < -0.39 is 36.8 Å². The van der Waals surface area contributed by atoms with Gasteiger partial charge in [0.1, 0.15) is 23.9 Å². The first-order valence-corrected chi connectivity index (χ1v) is 4.50. The summed E-state index contributed by atoms with van der Waals surface area (Å²) in [5, 5.41) is 46.8. The number of aliphatic hydroxyl groups excluding tert-OH is 4. The SMILES string of the molecule is CCC1(O)C(O)OC(CO)C(O)C1O.[BaH2]. The number of aliphatic hydroxyl groups is 5. The van der Waals surface area contributed by atoms with Crippen LogP contribution in [0, 0.1) is 0 Å². The van der Waals surface area contributed by atoms with Crippen LogP contribution in [-0.2, 0) is 4.74 Å². The van der Waals surface area contributed by atoms with Crippen LogP contribution < -0.4 is 0 Å². The monoisotopic (exact) mass is 348 g/mol. The minimum absolute atomic E-state index is 0. The van der Waals surface area contributed by atoms with E-state index in [1.807, 2.05) is 0 Å². The van der Waals surface area contributed by atoms with E-state index in [1.165, 1.54) is 0 Å². The van der Waals surface area contributed by atoms with E-state index in [1.54, 1.807) is 6.92 Å². The molecule has 1 aliphatic heterocycles. The van der Waals surface area contributed by atoms with Gasteiger partial charge in [-0.2, -0.15) is 0 Å². The molecule has 0 radical (unpaired) electrons. The normalized spacial score (nSPS) is 46.0. The molecular weight excluding hydrogens is 329 g/mol. The second-order valence-corrected chi connectivity index (χ2v) is 3.49. The summed E-state index contributed by atoms with van der Waals surface area (Å²) in [6.07, 6.45) is -5.60. The van der Waals surface area contributed by atoms with Crippen LogP contribution >= 0.6 is 0 Å². The van der Waals surface area contributed by atoms with Gasteiger partial charge in [0.15, 0.2) is 6.29 Å². The molecule has 0 aromatic rings. The Morgan fingerprint density at radius 1 is 1.27 bits per heavy atom. The van der Waals surface area contributed by atoms with Crippen LogP contribution in [0.1, 0.15) is 13.3 Å². The van der Waals surface area contributed by atoms with E-state index in [2.05, 4.69) is 0 Å². The van der Waals surface area contributed by atoms with Crippen molar-refractivity contribution >= 4 is 48.9 Å². The predicted octanol–water partition coefficient (Wildman–Crippen LogP) is -3.36. The van der Waals surface area contributed by atoms with Gasteiger partial charge in [-0.05, 0) is 6.42 Å². The van der Waals surface area contributed by atoms with E-state index >= 15 is 0 Å². The zero-order valence-electron chi connectivity index (χ0n) is 7.87. The summed E-state index contributed by atoms with van der Waals surface area (Å²) in [7, 11) is 0. The minimum atomic E-state index is -1.88. The molecule has 0 aliphatic carbocycles. The van der Waals surface area contributed by atoms with Gasteiger partial charge in [0.05, 0.1) is 6.61 Å². The molecule has 0 saturated carbocycles. The zero-order valence-corrected chi connectivity index (χ0v) is 7.87. The fourth-order valence-electron chi connectivity index (χ4n) is 1.54. The van der Waals surface area contributed by atoms with Gasteiger partial charge in [-0.3, -0.25) is 0 Å². The van der Waals surface area contributed by atoms with Gasteiger partial charge in [-0.1, -0.05) is 6.92 Å². The molecule has 6 nitrogen and oxygen atoms in total. The molecular formula is C8H18BaO6. The summed E-state index contributed by atoms with van der Waals surface area (Å²) in [5.41, 5.74) is -1.88. The first-order chi connectivity index (χ1) is 6.47. The quantitative estimate of drug-likeness (QED) is 0.334. The maximum atomic E-state index is 9.73. The van der Waals surface area contributed by atoms with Gasteiger partial charge < -0.3 is 30.3 Å². The molecule has 0 amide bonds. The fourth-order valence-corrected chi connectivity index (χ4v) is 1.54. The topological polar surface area (TPSA) is 110 Å². The summed E-state index contributed by atoms with van der Waals surface area (Å²) in [5.74, 6) is 0. The van der Waals surface area contributed by atoms with Crippen molar-refractivity contribution in [2.45, 2.75) is 43.5 Å². The molecule has 1 saturated heterocycles. The summed E-state index contributed by atoms with van der Waals surface area (Å²) in [4.78, 5) is 0. The molecule has 0 aromatic carbocycles. The number of hydrogen-bond acceptors (Lipinski definition) is 6. The third-order valence-corrected chi connectivity index (χ3v) is 2.69. The average molecular weight is 348 g/mol. The molecule has 88 valence electrons. The Kier molecular flexibility index (Phi) is 6.87. The Bertz CT molecular complexity index is 204. The number of hydrogen-bond donors (Lipinski definition) is 5. The van der Waals surface area contributed by atoms with Gasteiger partial charge in [-0.25, -0.2) is 0 Å². The van der Waals surface area contributed by atoms with Crippen LogP contribution in [0.5, 0.6) is 0 Å². The Balaban J connectivity index is 0.00000196. The van der Waals surface area contributed by atoms with Crippen molar-refractivity contribution in [3.05, 3.63) is 0 Å². The van der Waals surface area contributed by atoms with E-state index in [9.17, 15) is 20.4 Å². The Morgan fingerprint density at radius 3 is 2.20 bits per heavy atom. The molecule has 5 N–H and O–H groups in total. The van der Waals surface area contributed by atoms with Crippen molar-refractivity contribution in [1.82, 2.24) is 0 Å². The summed E-state index contributed by atoms with van der Waals surface area (Å²) in [6, 6.07) is 0. The van der Waals surface area contributed by atoms with Crippen molar-refractivity contribution < 1.29 is 30.3 Å². The Morgan fingerprint density at radius 2 is 1.80 bits per heavy atom. The van der Waals surface area contributed by atoms with Crippen LogP contribution in [0.25, 0.3) is 0 Å². The molecule has 1 rings (SSSR count). The van der Waals surface area contributed by atoms with Gasteiger partial charge in [0, 0.05) is 0 Å². The molecule has 15 heavy (non-hydrogen) atoms. The number of rotatable bonds is 2. The molecule has 5 unspecified atom stereocenters. The fraction of sp³-hybridized carbons (Fsp3) is 1.00. The summed E-state index contributed by atoms with van der Waals surface area (Å²) >= 11 is 0. The van der Waals surface area contributed by atoms with Crippen LogP contribution in [0.15, 0.2) is 0 Å². The maximum absolute atomic E-state index is 9.73. The van der Waals surface area contributed by atoms with Crippen molar-refractivity contribution in [1.29, 1.82) is 0 Å². The Labute approximate surface area is 128 Å². The van der Waals surface area contributed by atoms with Gasteiger partial charge >= 0.3 is 48.9 Å². The summed E-state index contributed by atoms with van der Waals surface area (Å²) < 4.78 is 4.77. The molecule has 7 heteroatoms. The third-order valence-electron chi connectivity index (χ3n) is 2.69. The van der Waals surface area contributed by atoms with Crippen molar-refractivity contribution in [3.8, 4) is 0 Å². The molecule has 5 atom stereocenters. The molecule has 1 aliphatic rings. The number of ether oxygens (including phenoxy) is 1. The molecule has 0 spiro atoms. The van der Waals surface area contributed by atoms with E-state index in [0.717, 1.165) is 0 Å². The van der Waals surface area contributed by atoms with Crippen LogP contribution in [-0.4, -0.2) is 111 Å². The Hall–Kier alpha value is 1.33. The van der Waals surface area contributed by atoms with Crippen molar-refractivity contribution in [2.75, 3.05) is 6.61 Å². The zero-order chi connectivity index (χ0) is 10.9. The molecule has 0 aromatic heterocycles.